The number of hydrogen-bond acceptors (Lipinski definition) is 4. The molecular formula is C13H18N4O4. The van der Waals surface area contributed by atoms with Crippen LogP contribution in [-0.2, 0) is 9.53 Å². The number of carbonyl (C=O) groups excluding carboxylic acids is 3. The molecule has 0 aliphatic heterocycles. The van der Waals surface area contributed by atoms with Crippen molar-refractivity contribution in [2.45, 2.75) is 38.3 Å². The molecule has 8 nitrogen and oxygen atoms in total. The van der Waals surface area contributed by atoms with Gasteiger partial charge in [0.15, 0.2) is 6.10 Å². The number of aromatic nitrogens is 1. The fourth-order valence-corrected chi connectivity index (χ4v) is 1.91. The van der Waals surface area contributed by atoms with Gasteiger partial charge in [0.1, 0.15) is 5.69 Å². The molecule has 0 radical (unpaired) electrons. The lowest BCUT2D eigenvalue weighted by atomic mass is 9.93. The summed E-state index contributed by atoms with van der Waals surface area (Å²) in [5, 5.41) is 2.88. The molecule has 1 atom stereocenters. The molecule has 1 aliphatic rings. The Morgan fingerprint density at radius 3 is 2.71 bits per heavy atom. The van der Waals surface area contributed by atoms with Crippen LogP contribution in [0.5, 0.6) is 0 Å². The van der Waals surface area contributed by atoms with Crippen molar-refractivity contribution in [1.29, 1.82) is 0 Å². The summed E-state index contributed by atoms with van der Waals surface area (Å²) in [7, 11) is 0. The Balaban J connectivity index is 1.97. The van der Waals surface area contributed by atoms with E-state index in [1.807, 2.05) is 0 Å². The van der Waals surface area contributed by atoms with Gasteiger partial charge in [-0.1, -0.05) is 0 Å². The molecule has 3 amide bonds. The molecule has 1 aromatic heterocycles. The van der Waals surface area contributed by atoms with E-state index in [0.29, 0.717) is 5.69 Å². The van der Waals surface area contributed by atoms with Crippen LogP contribution in [-0.4, -0.2) is 34.7 Å². The van der Waals surface area contributed by atoms with Crippen molar-refractivity contribution < 1.29 is 19.1 Å². The second kappa shape index (κ2) is 6.29. The van der Waals surface area contributed by atoms with Crippen molar-refractivity contribution in [3.63, 3.8) is 0 Å². The molecule has 0 aromatic carbocycles. The highest BCUT2D eigenvalue weighted by molar-refractivity contribution is 5.95. The zero-order valence-corrected chi connectivity index (χ0v) is 11.7. The van der Waals surface area contributed by atoms with Crippen molar-refractivity contribution in [2.75, 3.05) is 5.43 Å². The number of nitrogens with two attached hydrogens (primary N) is 1. The lowest BCUT2D eigenvalue weighted by molar-refractivity contribution is -0.124. The molecule has 0 bridgehead atoms. The van der Waals surface area contributed by atoms with Gasteiger partial charge in [-0.05, 0) is 38.3 Å². The lowest BCUT2D eigenvalue weighted by Crippen LogP contribution is -2.42. The van der Waals surface area contributed by atoms with Crippen molar-refractivity contribution in [2.24, 2.45) is 5.73 Å². The molecule has 0 saturated heterocycles. The highest BCUT2D eigenvalue weighted by Crippen LogP contribution is 2.18. The maximum atomic E-state index is 12.1. The molecule has 4 N–H and O–H groups in total. The van der Waals surface area contributed by atoms with Gasteiger partial charge in [-0.2, -0.15) is 0 Å². The maximum Gasteiger partial charge on any atom is 0.405 e. The summed E-state index contributed by atoms with van der Waals surface area (Å²) >= 11 is 0. The van der Waals surface area contributed by atoms with Gasteiger partial charge >= 0.3 is 6.09 Å². The summed E-state index contributed by atoms with van der Waals surface area (Å²) in [6, 6.07) is 3.43. The van der Waals surface area contributed by atoms with Crippen LogP contribution in [0.3, 0.4) is 0 Å². The Morgan fingerprint density at radius 1 is 1.43 bits per heavy atom. The van der Waals surface area contributed by atoms with E-state index in [1.165, 1.54) is 17.8 Å². The maximum absolute atomic E-state index is 12.1. The third kappa shape index (κ3) is 3.74. The lowest BCUT2D eigenvalue weighted by Gasteiger charge is -2.26. The first kappa shape index (κ1) is 14.9. The van der Waals surface area contributed by atoms with E-state index >= 15 is 0 Å². The second-order valence-electron chi connectivity index (χ2n) is 4.92. The largest absolute Gasteiger partial charge is 0.437 e. The van der Waals surface area contributed by atoms with Gasteiger partial charge < -0.3 is 15.8 Å². The molecule has 0 spiro atoms. The molecule has 1 unspecified atom stereocenters. The van der Waals surface area contributed by atoms with Crippen LogP contribution < -0.4 is 16.5 Å². The van der Waals surface area contributed by atoms with E-state index in [4.69, 9.17) is 5.73 Å². The molecular weight excluding hydrogens is 276 g/mol. The van der Waals surface area contributed by atoms with E-state index < -0.39 is 18.1 Å². The number of hydrogen-bond donors (Lipinski definition) is 3. The third-order valence-corrected chi connectivity index (χ3v) is 3.31. The smallest absolute Gasteiger partial charge is 0.405 e. The van der Waals surface area contributed by atoms with Gasteiger partial charge in [-0.3, -0.25) is 19.7 Å². The van der Waals surface area contributed by atoms with Gasteiger partial charge in [0.05, 0.1) is 0 Å². The van der Waals surface area contributed by atoms with Crippen LogP contribution in [0.1, 0.15) is 36.7 Å². The molecule has 2 rings (SSSR count). The quantitative estimate of drug-likeness (QED) is 0.725. The van der Waals surface area contributed by atoms with Gasteiger partial charge in [0.2, 0.25) is 0 Å². The summed E-state index contributed by atoms with van der Waals surface area (Å²) < 4.78 is 5.85. The van der Waals surface area contributed by atoms with E-state index in [9.17, 15) is 14.4 Å². The zero-order valence-electron chi connectivity index (χ0n) is 11.7. The van der Waals surface area contributed by atoms with E-state index in [2.05, 4.69) is 15.5 Å². The first-order chi connectivity index (χ1) is 9.97. The molecule has 1 aromatic rings. The number of amides is 3. The SMILES string of the molecule is CC(OC(N)=O)C(=O)Nn1cccc1C(=O)NC1CCC1. The molecule has 114 valence electrons. The minimum Gasteiger partial charge on any atom is -0.437 e. The standard InChI is InChI=1S/C13H18N4O4/c1-8(21-13(14)20)11(18)16-17-7-3-6-10(17)12(19)15-9-4-2-5-9/h3,6-9H,2,4-5H2,1H3,(H2,14,20)(H,15,19)(H,16,18). The Bertz CT molecular complexity index is 550. The minimum absolute atomic E-state index is 0.202. The van der Waals surface area contributed by atoms with Crippen LogP contribution in [0.4, 0.5) is 4.79 Å². The van der Waals surface area contributed by atoms with Crippen molar-refractivity contribution in [1.82, 2.24) is 9.99 Å². The average molecular weight is 294 g/mol. The molecule has 1 saturated carbocycles. The fourth-order valence-electron chi connectivity index (χ4n) is 1.91. The molecule has 1 fully saturated rings. The number of rotatable bonds is 5. The van der Waals surface area contributed by atoms with Crippen LogP contribution in [0, 0.1) is 0 Å². The van der Waals surface area contributed by atoms with E-state index in [1.54, 1.807) is 12.1 Å². The van der Waals surface area contributed by atoms with Crippen LogP contribution >= 0.6 is 0 Å². The first-order valence-corrected chi connectivity index (χ1v) is 6.72. The summed E-state index contributed by atoms with van der Waals surface area (Å²) in [5.41, 5.74) is 7.62. The van der Waals surface area contributed by atoms with Gasteiger partial charge in [0.25, 0.3) is 11.8 Å². The normalized spacial score (nSPS) is 15.7. The van der Waals surface area contributed by atoms with Gasteiger partial charge in [-0.15, -0.1) is 0 Å². The number of primary amides is 1. The second-order valence-corrected chi connectivity index (χ2v) is 4.92. The predicted octanol–water partition coefficient (Wildman–Crippen LogP) is 0.324. The van der Waals surface area contributed by atoms with Crippen LogP contribution in [0.15, 0.2) is 18.3 Å². The first-order valence-electron chi connectivity index (χ1n) is 6.72. The van der Waals surface area contributed by atoms with Gasteiger partial charge in [0, 0.05) is 12.2 Å². The summed E-state index contributed by atoms with van der Waals surface area (Å²) in [6.07, 6.45) is 2.51. The van der Waals surface area contributed by atoms with Crippen molar-refractivity contribution in [3.8, 4) is 0 Å². The Labute approximate surface area is 121 Å². The Hall–Kier alpha value is -2.51. The Kier molecular flexibility index (Phi) is 4.46. The van der Waals surface area contributed by atoms with Crippen LogP contribution in [0.2, 0.25) is 0 Å². The monoisotopic (exact) mass is 294 g/mol. The highest BCUT2D eigenvalue weighted by atomic mass is 16.6. The number of nitrogens with one attached hydrogen (secondary N) is 2. The van der Waals surface area contributed by atoms with E-state index in [-0.39, 0.29) is 11.9 Å². The summed E-state index contributed by atoms with van der Waals surface area (Å²) in [5.74, 6) is -0.837. The van der Waals surface area contributed by atoms with Crippen molar-refractivity contribution in [3.05, 3.63) is 24.0 Å². The van der Waals surface area contributed by atoms with Gasteiger partial charge in [-0.25, -0.2) is 4.79 Å². The number of nitrogens with zero attached hydrogens (tertiary/aromatic N) is 1. The number of ether oxygens (including phenoxy) is 1. The average Bonchev–Trinajstić information content (AvgIpc) is 2.80. The van der Waals surface area contributed by atoms with Crippen LogP contribution in [0.25, 0.3) is 0 Å². The van der Waals surface area contributed by atoms with E-state index in [0.717, 1.165) is 19.3 Å². The summed E-state index contributed by atoms with van der Waals surface area (Å²) in [4.78, 5) is 34.5. The predicted molar refractivity (Wildman–Crippen MR) is 74.0 cm³/mol. The number of carbonyl (C=O) groups is 3. The topological polar surface area (TPSA) is 115 Å². The molecule has 1 heterocycles. The fraction of sp³-hybridized carbons (Fsp3) is 0.462. The Morgan fingerprint density at radius 2 is 2.14 bits per heavy atom. The summed E-state index contributed by atoms with van der Waals surface area (Å²) in [6.45, 7) is 1.39. The van der Waals surface area contributed by atoms with Crippen molar-refractivity contribution >= 4 is 17.9 Å². The minimum atomic E-state index is -1.05. The third-order valence-electron chi connectivity index (χ3n) is 3.31. The molecule has 1 aliphatic carbocycles. The molecule has 21 heavy (non-hydrogen) atoms. The highest BCUT2D eigenvalue weighted by Gasteiger charge is 2.23. The zero-order chi connectivity index (χ0) is 15.4. The molecule has 8 heteroatoms.